The molecule has 0 amide bonds. The van der Waals surface area contributed by atoms with E-state index in [1.165, 1.54) is 0 Å². The van der Waals surface area contributed by atoms with Gasteiger partial charge in [-0.2, -0.15) is 0 Å². The van der Waals surface area contributed by atoms with Gasteiger partial charge in [0, 0.05) is 0 Å². The molecule has 0 radical (unpaired) electrons. The Morgan fingerprint density at radius 1 is 0.750 bits per heavy atom. The molecule has 4 heavy (non-hydrogen) atoms. The van der Waals surface area contributed by atoms with Crippen molar-refractivity contribution in [2.24, 2.45) is 0 Å². The molecule has 0 aliphatic heterocycles. The fourth-order valence-electron chi connectivity index (χ4n) is 0. The summed E-state index contributed by atoms with van der Waals surface area (Å²) in [5.41, 5.74) is 0. The van der Waals surface area contributed by atoms with Crippen molar-refractivity contribution in [1.29, 1.82) is 0 Å². The van der Waals surface area contributed by atoms with Crippen LogP contribution in [0.15, 0.2) is 0 Å². The smallest absolute Gasteiger partial charge is 0.00784 e. The fourth-order valence-corrected chi connectivity index (χ4v) is 0. The lowest BCUT2D eigenvalue weighted by Crippen LogP contribution is -0.240. The summed E-state index contributed by atoms with van der Waals surface area (Å²) in [6.45, 7) is 0. The van der Waals surface area contributed by atoms with Crippen LogP contribution in [0.25, 0.3) is 0 Å². The van der Waals surface area contributed by atoms with Crippen molar-refractivity contribution in [3.63, 3.8) is 0 Å². The minimum Gasteiger partial charge on any atom is -0.107 e. The molecular formula is H2I2S2. The summed E-state index contributed by atoms with van der Waals surface area (Å²) in [5.74, 6) is 0. The molecule has 0 rings (SSSR count). The van der Waals surface area contributed by atoms with Crippen LogP contribution in [0, 0.1) is 0 Å². The summed E-state index contributed by atoms with van der Waals surface area (Å²) in [4.78, 5) is 0. The summed E-state index contributed by atoms with van der Waals surface area (Å²) in [5, 5.41) is 0. The Labute approximate surface area is 61.1 Å². The van der Waals surface area contributed by atoms with Crippen LogP contribution in [0.2, 0.25) is 0 Å². The molecule has 0 spiro atoms. The topological polar surface area (TPSA) is 0 Å². The first-order chi connectivity index (χ1) is 2.00. The van der Waals surface area contributed by atoms with Gasteiger partial charge in [-0.05, 0) is 42.4 Å². The number of hydrogen-bond acceptors (Lipinski definition) is 2. The summed E-state index contributed by atoms with van der Waals surface area (Å²) < 4.78 is 0. The van der Waals surface area contributed by atoms with Crippen LogP contribution in [0.3, 0.4) is 0 Å². The van der Waals surface area contributed by atoms with Crippen LogP contribution >= 0.6 is 62.0 Å². The SMILES string of the molecule is SI.SI. The first kappa shape index (κ1) is 9.48. The summed E-state index contributed by atoms with van der Waals surface area (Å²) in [6, 6.07) is 0. The highest BCUT2D eigenvalue weighted by Gasteiger charge is 0.946. The molecule has 0 nitrogen and oxygen atoms in total. The highest BCUT2D eigenvalue weighted by atomic mass is 127. The number of rotatable bonds is 0. The fraction of sp³-hybridized carbons (Fsp3) is 0. The van der Waals surface area contributed by atoms with Gasteiger partial charge in [-0.25, -0.2) is 0 Å². The normalized spacial score (nSPS) is 3.00. The summed E-state index contributed by atoms with van der Waals surface area (Å²) in [7, 11) is 7.00. The zero-order chi connectivity index (χ0) is 4.00. The van der Waals surface area contributed by atoms with Gasteiger partial charge in [0.1, 0.15) is 0 Å². The molecule has 0 unspecified atom stereocenters. The number of halogens is 2. The second-order valence-corrected chi connectivity index (χ2v) is 0. The molecule has 0 aliphatic rings. The van der Waals surface area contributed by atoms with Gasteiger partial charge in [0.15, 0.2) is 0 Å². The van der Waals surface area contributed by atoms with E-state index in [0.717, 1.165) is 0 Å². The zero-order valence-corrected chi connectivity index (χ0v) is 7.75. The first-order valence-corrected chi connectivity index (χ1v) is 6.80. The summed E-state index contributed by atoms with van der Waals surface area (Å²) >= 11 is 3.69. The van der Waals surface area contributed by atoms with Crippen molar-refractivity contribution in [3.05, 3.63) is 0 Å². The lowest BCUT2D eigenvalue weighted by molar-refractivity contribution is 7.44. The van der Waals surface area contributed by atoms with Gasteiger partial charge in [-0.3, -0.25) is 0 Å². The molecule has 0 aromatic rings. The maximum Gasteiger partial charge on any atom is -0.00784 e. The van der Waals surface area contributed by atoms with Crippen molar-refractivity contribution in [1.82, 2.24) is 0 Å². The third kappa shape index (κ3) is 8.90. The molecule has 0 N–H and O–H groups in total. The Bertz CT molecular complexity index is 4.00. The van der Waals surface area contributed by atoms with Crippen molar-refractivity contribution in [3.8, 4) is 0 Å². The Morgan fingerprint density at radius 3 is 0.750 bits per heavy atom. The van der Waals surface area contributed by atoms with Crippen LogP contribution < -0.4 is 0 Å². The largest absolute Gasteiger partial charge is 0.107 e. The quantitative estimate of drug-likeness (QED) is 0.497. The van der Waals surface area contributed by atoms with Crippen LogP contribution in [-0.4, -0.2) is 0 Å². The van der Waals surface area contributed by atoms with E-state index in [9.17, 15) is 0 Å². The molecule has 0 fully saturated rings. The van der Waals surface area contributed by atoms with Gasteiger partial charge in [-0.15, -0.1) is 19.6 Å². The van der Waals surface area contributed by atoms with Crippen LogP contribution in [0.5, 0.6) is 0 Å². The van der Waals surface area contributed by atoms with Crippen LogP contribution in [-0.2, 0) is 0 Å². The molecular weight excluding hydrogens is 318 g/mol. The molecule has 0 aliphatic carbocycles. The number of hydrogen-bond donors (Lipinski definition) is 2. The van der Waals surface area contributed by atoms with Gasteiger partial charge in [0.2, 0.25) is 0 Å². The second-order valence-electron chi connectivity index (χ2n) is 0. The van der Waals surface area contributed by atoms with E-state index in [1.54, 1.807) is 0 Å². The van der Waals surface area contributed by atoms with Crippen molar-refractivity contribution in [2.75, 3.05) is 0 Å². The van der Waals surface area contributed by atoms with Crippen LogP contribution in [0.1, 0.15) is 0 Å². The van der Waals surface area contributed by atoms with Gasteiger partial charge in [0.05, 0.1) is 0 Å². The van der Waals surface area contributed by atoms with E-state index in [-0.39, 0.29) is 0 Å². The third-order valence-corrected chi connectivity index (χ3v) is 0. The predicted octanol–water partition coefficient (Wildman–Crippen LogP) is 2.53. The van der Waals surface area contributed by atoms with Gasteiger partial charge in [-0.1, -0.05) is 0 Å². The molecule has 0 bridgehead atoms. The third-order valence-electron chi connectivity index (χ3n) is 0. The van der Waals surface area contributed by atoms with E-state index in [1.807, 2.05) is 42.4 Å². The predicted molar refractivity (Wildman–Crippen MR) is 46.0 cm³/mol. The first-order valence-electron chi connectivity index (χ1n) is 0.338. The highest BCUT2D eigenvalue weighted by Crippen LogP contribution is 1.78. The molecule has 0 aromatic heterocycles. The van der Waals surface area contributed by atoms with E-state index < -0.39 is 0 Å². The maximum absolute atomic E-state index is 3.50. The Balaban J connectivity index is 0. The molecule has 28 valence electrons. The Hall–Kier alpha value is 2.16. The lowest BCUT2D eigenvalue weighted by atomic mass is 32.1. The van der Waals surface area contributed by atoms with Crippen molar-refractivity contribution < 1.29 is 0 Å². The van der Waals surface area contributed by atoms with Gasteiger partial charge >= 0.3 is 0 Å². The monoisotopic (exact) mass is 320 g/mol. The van der Waals surface area contributed by atoms with E-state index in [4.69, 9.17) is 0 Å². The Kier molecular flexibility index (Phi) is 45.3. The maximum atomic E-state index is 3.50. The number of thiol groups is 2. The molecule has 0 aromatic carbocycles. The standard InChI is InChI=1S/2HIS/c2*1-2/h2*2H. The molecule has 4 heteroatoms. The second kappa shape index (κ2) is 19.1. The molecule has 0 saturated carbocycles. The average molecular weight is 320 g/mol. The van der Waals surface area contributed by atoms with Crippen molar-refractivity contribution >= 4 is 62.0 Å². The highest BCUT2D eigenvalue weighted by molar-refractivity contribution is 14.2. The van der Waals surface area contributed by atoms with Crippen LogP contribution in [0.4, 0.5) is 0 Å². The van der Waals surface area contributed by atoms with Gasteiger partial charge < -0.3 is 0 Å². The minimum absolute atomic E-state index is 1.84. The van der Waals surface area contributed by atoms with E-state index in [2.05, 4.69) is 19.6 Å². The van der Waals surface area contributed by atoms with E-state index >= 15 is 0 Å². The lowest BCUT2D eigenvalue weighted by Gasteiger charge is -1.06. The summed E-state index contributed by atoms with van der Waals surface area (Å²) in [6.07, 6.45) is 0. The molecule has 0 heterocycles. The Morgan fingerprint density at radius 2 is 0.750 bits per heavy atom. The zero-order valence-electron chi connectivity index (χ0n) is 1.65. The molecule has 0 atom stereocenters. The van der Waals surface area contributed by atoms with Crippen molar-refractivity contribution in [2.45, 2.75) is 0 Å². The minimum atomic E-state index is 1.84. The van der Waals surface area contributed by atoms with Gasteiger partial charge in [0.25, 0.3) is 0 Å². The van der Waals surface area contributed by atoms with E-state index in [0.29, 0.717) is 0 Å². The molecule has 0 saturated heterocycles. The average Bonchev–Trinajstić information content (AvgIpc) is 1.50.